The highest BCUT2D eigenvalue weighted by molar-refractivity contribution is 8.00. The smallest absolute Gasteiger partial charge is 0.232 e. The Labute approximate surface area is 140 Å². The lowest BCUT2D eigenvalue weighted by Gasteiger charge is -2.27. The molecule has 2 N–H and O–H groups in total. The van der Waals surface area contributed by atoms with Crippen molar-refractivity contribution in [3.05, 3.63) is 30.3 Å². The fourth-order valence-electron chi connectivity index (χ4n) is 2.66. The Morgan fingerprint density at radius 3 is 2.52 bits per heavy atom. The lowest BCUT2D eigenvalue weighted by atomic mass is 10.1. The van der Waals surface area contributed by atoms with Crippen LogP contribution >= 0.6 is 11.8 Å². The first-order chi connectivity index (χ1) is 11.2. The Morgan fingerprint density at radius 2 is 1.87 bits per heavy atom. The van der Waals surface area contributed by atoms with E-state index in [1.54, 1.807) is 6.92 Å². The van der Waals surface area contributed by atoms with Gasteiger partial charge in [-0.2, -0.15) is 0 Å². The number of benzene rings is 1. The van der Waals surface area contributed by atoms with Crippen molar-refractivity contribution in [3.63, 3.8) is 0 Å². The number of thioether (sulfide) groups is 1. The number of piperidine rings is 1. The number of para-hydroxylation sites is 1. The van der Waals surface area contributed by atoms with Crippen LogP contribution in [0, 0.1) is 0 Å². The van der Waals surface area contributed by atoms with Crippen LogP contribution in [0.2, 0.25) is 0 Å². The topological polar surface area (TPSA) is 77.0 Å². The maximum atomic E-state index is 11.4. The molecule has 1 saturated heterocycles. The number of rotatable bonds is 5. The quantitative estimate of drug-likeness (QED) is 0.850. The number of aromatic nitrogens is 3. The summed E-state index contributed by atoms with van der Waals surface area (Å²) < 4.78 is 2.02. The first kappa shape index (κ1) is 15.9. The monoisotopic (exact) mass is 331 g/mol. The summed E-state index contributed by atoms with van der Waals surface area (Å²) in [5, 5.41) is 9.06. The highest BCUT2D eigenvalue weighted by Crippen LogP contribution is 2.30. The number of nitrogens with two attached hydrogens (primary N) is 1. The number of anilines is 1. The van der Waals surface area contributed by atoms with Crippen LogP contribution in [0.4, 0.5) is 5.95 Å². The number of hydrogen-bond donors (Lipinski definition) is 1. The summed E-state index contributed by atoms with van der Waals surface area (Å²) in [5.41, 5.74) is 6.39. The van der Waals surface area contributed by atoms with E-state index in [9.17, 15) is 4.79 Å². The van der Waals surface area contributed by atoms with Gasteiger partial charge >= 0.3 is 0 Å². The van der Waals surface area contributed by atoms with Crippen molar-refractivity contribution in [1.82, 2.24) is 14.8 Å². The molecule has 0 radical (unpaired) electrons. The highest BCUT2D eigenvalue weighted by atomic mass is 32.2. The molecule has 3 rings (SSSR count). The Bertz CT molecular complexity index is 666. The fourth-order valence-corrected chi connectivity index (χ4v) is 3.47. The van der Waals surface area contributed by atoms with E-state index in [0.717, 1.165) is 24.7 Å². The molecule has 1 atom stereocenters. The van der Waals surface area contributed by atoms with Crippen molar-refractivity contribution in [1.29, 1.82) is 0 Å². The number of nitrogens with zero attached hydrogens (tertiary/aromatic N) is 4. The van der Waals surface area contributed by atoms with Crippen molar-refractivity contribution in [3.8, 4) is 5.69 Å². The van der Waals surface area contributed by atoms with Crippen LogP contribution in [-0.4, -0.2) is 39.0 Å². The summed E-state index contributed by atoms with van der Waals surface area (Å²) >= 11 is 1.35. The Hall–Kier alpha value is -2.02. The minimum absolute atomic E-state index is 0.350. The van der Waals surface area contributed by atoms with Crippen molar-refractivity contribution < 1.29 is 4.79 Å². The van der Waals surface area contributed by atoms with E-state index in [1.165, 1.54) is 31.0 Å². The number of primary amides is 1. The third-order valence-electron chi connectivity index (χ3n) is 3.95. The number of carbonyl (C=O) groups is 1. The normalized spacial score (nSPS) is 16.3. The van der Waals surface area contributed by atoms with Crippen LogP contribution in [-0.2, 0) is 4.79 Å². The Morgan fingerprint density at radius 1 is 1.17 bits per heavy atom. The molecule has 7 heteroatoms. The van der Waals surface area contributed by atoms with Gasteiger partial charge in [0.05, 0.1) is 10.9 Å². The van der Waals surface area contributed by atoms with Gasteiger partial charge in [0.15, 0.2) is 5.16 Å². The van der Waals surface area contributed by atoms with E-state index < -0.39 is 0 Å². The minimum Gasteiger partial charge on any atom is -0.369 e. The molecule has 1 amide bonds. The van der Waals surface area contributed by atoms with E-state index in [0.29, 0.717) is 5.16 Å². The third kappa shape index (κ3) is 3.50. The predicted molar refractivity (Wildman–Crippen MR) is 91.9 cm³/mol. The molecule has 0 saturated carbocycles. The molecular weight excluding hydrogens is 310 g/mol. The van der Waals surface area contributed by atoms with Gasteiger partial charge < -0.3 is 10.6 Å². The molecule has 1 aliphatic heterocycles. The Balaban J connectivity index is 1.99. The summed E-state index contributed by atoms with van der Waals surface area (Å²) in [6.45, 7) is 3.76. The zero-order chi connectivity index (χ0) is 16.2. The van der Waals surface area contributed by atoms with E-state index in [-0.39, 0.29) is 11.2 Å². The molecular formula is C16H21N5OS. The van der Waals surface area contributed by atoms with Crippen LogP contribution in [0.3, 0.4) is 0 Å². The van der Waals surface area contributed by atoms with Crippen molar-refractivity contribution in [2.75, 3.05) is 18.0 Å². The molecule has 1 aromatic carbocycles. The van der Waals surface area contributed by atoms with Crippen LogP contribution in [0.1, 0.15) is 26.2 Å². The van der Waals surface area contributed by atoms with Gasteiger partial charge in [-0.15, -0.1) is 10.2 Å². The van der Waals surface area contributed by atoms with Gasteiger partial charge in [0.2, 0.25) is 11.9 Å². The van der Waals surface area contributed by atoms with Gasteiger partial charge in [-0.05, 0) is 38.3 Å². The second-order valence-corrected chi connectivity index (χ2v) is 6.97. The van der Waals surface area contributed by atoms with Crippen molar-refractivity contribution in [2.45, 2.75) is 36.6 Å². The lowest BCUT2D eigenvalue weighted by Crippen LogP contribution is -2.31. The average molecular weight is 331 g/mol. The van der Waals surface area contributed by atoms with Gasteiger partial charge in [-0.25, -0.2) is 0 Å². The van der Waals surface area contributed by atoms with Crippen LogP contribution in [0.25, 0.3) is 5.69 Å². The van der Waals surface area contributed by atoms with E-state index in [2.05, 4.69) is 15.1 Å². The standard InChI is InChI=1S/C16H21N5OS/c1-12(14(17)22)23-16-19-18-15(20-10-6-3-7-11-20)21(16)13-8-4-2-5-9-13/h2,4-5,8-9,12H,3,6-7,10-11H2,1H3,(H2,17,22). The van der Waals surface area contributed by atoms with E-state index in [1.807, 2.05) is 34.9 Å². The SMILES string of the molecule is CC(Sc1nnc(N2CCCCC2)n1-c1ccccc1)C(N)=O. The van der Waals surface area contributed by atoms with Gasteiger partial charge in [0, 0.05) is 13.1 Å². The second-order valence-electron chi connectivity index (χ2n) is 5.66. The number of hydrogen-bond acceptors (Lipinski definition) is 5. The summed E-state index contributed by atoms with van der Waals surface area (Å²) in [7, 11) is 0. The van der Waals surface area contributed by atoms with Gasteiger partial charge in [0.25, 0.3) is 0 Å². The van der Waals surface area contributed by atoms with Crippen molar-refractivity contribution in [2.24, 2.45) is 5.73 Å². The van der Waals surface area contributed by atoms with E-state index >= 15 is 0 Å². The van der Waals surface area contributed by atoms with Crippen LogP contribution < -0.4 is 10.6 Å². The van der Waals surface area contributed by atoms with Gasteiger partial charge in [-0.1, -0.05) is 30.0 Å². The molecule has 1 aliphatic rings. The predicted octanol–water partition coefficient (Wildman–Crippen LogP) is 2.22. The molecule has 2 heterocycles. The van der Waals surface area contributed by atoms with Gasteiger partial charge in [0.1, 0.15) is 0 Å². The summed E-state index contributed by atoms with van der Waals surface area (Å²) in [4.78, 5) is 13.7. The van der Waals surface area contributed by atoms with Crippen LogP contribution in [0.15, 0.2) is 35.5 Å². The Kier molecular flexibility index (Phi) is 4.85. The van der Waals surface area contributed by atoms with E-state index in [4.69, 9.17) is 5.73 Å². The molecule has 0 aliphatic carbocycles. The van der Waals surface area contributed by atoms with Crippen LogP contribution in [0.5, 0.6) is 0 Å². The second kappa shape index (κ2) is 7.04. The summed E-state index contributed by atoms with van der Waals surface area (Å²) in [5.74, 6) is 0.493. The zero-order valence-electron chi connectivity index (χ0n) is 13.2. The summed E-state index contributed by atoms with van der Waals surface area (Å²) in [6.07, 6.45) is 3.60. The molecule has 23 heavy (non-hydrogen) atoms. The zero-order valence-corrected chi connectivity index (χ0v) is 14.0. The first-order valence-electron chi connectivity index (χ1n) is 7.88. The molecule has 122 valence electrons. The lowest BCUT2D eigenvalue weighted by molar-refractivity contribution is -0.117. The minimum atomic E-state index is -0.351. The molecule has 2 aromatic rings. The molecule has 1 fully saturated rings. The average Bonchev–Trinajstić information content (AvgIpc) is 3.00. The third-order valence-corrected chi connectivity index (χ3v) is 5.01. The molecule has 1 aromatic heterocycles. The van der Waals surface area contributed by atoms with Gasteiger partial charge in [-0.3, -0.25) is 9.36 Å². The number of carbonyl (C=O) groups excluding carboxylic acids is 1. The molecule has 1 unspecified atom stereocenters. The maximum absolute atomic E-state index is 11.4. The fraction of sp³-hybridized carbons (Fsp3) is 0.438. The molecule has 0 bridgehead atoms. The first-order valence-corrected chi connectivity index (χ1v) is 8.76. The molecule has 6 nitrogen and oxygen atoms in total. The number of amides is 1. The maximum Gasteiger partial charge on any atom is 0.232 e. The highest BCUT2D eigenvalue weighted by Gasteiger charge is 2.23. The molecule has 0 spiro atoms. The summed E-state index contributed by atoms with van der Waals surface area (Å²) in [6, 6.07) is 10.0. The van der Waals surface area contributed by atoms with Crippen molar-refractivity contribution >= 4 is 23.6 Å². The largest absolute Gasteiger partial charge is 0.369 e.